The van der Waals surface area contributed by atoms with Crippen LogP contribution >= 0.6 is 0 Å². The van der Waals surface area contributed by atoms with Gasteiger partial charge in [0.2, 0.25) is 5.75 Å². The van der Waals surface area contributed by atoms with Gasteiger partial charge in [0.15, 0.2) is 11.5 Å². The summed E-state index contributed by atoms with van der Waals surface area (Å²) in [5.74, 6) is 2.24. The van der Waals surface area contributed by atoms with E-state index in [1.165, 1.54) is 96.3 Å². The lowest BCUT2D eigenvalue weighted by atomic mass is 9.78. The lowest BCUT2D eigenvalue weighted by Crippen LogP contribution is -2.41. The zero-order valence-electron chi connectivity index (χ0n) is 28.6. The van der Waals surface area contributed by atoms with Crippen LogP contribution in [0.2, 0.25) is 0 Å². The topological polar surface area (TPSA) is 46.2 Å². The number of unbranched alkanes of at least 4 members (excludes halogenated alkanes) is 15. The molecular formula is C36H65BO5. The summed E-state index contributed by atoms with van der Waals surface area (Å²) in [6.45, 7) is 17.2. The normalized spacial score (nSPS) is 15.7. The summed E-state index contributed by atoms with van der Waals surface area (Å²) >= 11 is 0. The van der Waals surface area contributed by atoms with Crippen molar-refractivity contribution >= 4 is 12.6 Å². The Labute approximate surface area is 260 Å². The van der Waals surface area contributed by atoms with Gasteiger partial charge in [-0.1, -0.05) is 117 Å². The van der Waals surface area contributed by atoms with Crippen LogP contribution < -0.4 is 19.7 Å². The zero-order valence-corrected chi connectivity index (χ0v) is 28.6. The van der Waals surface area contributed by atoms with E-state index in [9.17, 15) is 0 Å². The third-order valence-electron chi connectivity index (χ3n) is 8.82. The molecule has 0 amide bonds. The monoisotopic (exact) mass is 588 g/mol. The van der Waals surface area contributed by atoms with Crippen molar-refractivity contribution in [3.05, 3.63) is 12.1 Å². The molecule has 242 valence electrons. The fourth-order valence-corrected chi connectivity index (χ4v) is 5.25. The molecule has 1 aliphatic heterocycles. The summed E-state index contributed by atoms with van der Waals surface area (Å²) in [6.07, 6.45) is 22.1. The average Bonchev–Trinajstić information content (AvgIpc) is 3.18. The molecule has 1 aliphatic rings. The van der Waals surface area contributed by atoms with Gasteiger partial charge in [0.25, 0.3) is 0 Å². The molecule has 0 bridgehead atoms. The van der Waals surface area contributed by atoms with E-state index in [-0.39, 0.29) is 0 Å². The highest BCUT2D eigenvalue weighted by atomic mass is 16.7. The molecule has 1 heterocycles. The number of ether oxygens (including phenoxy) is 3. The van der Waals surface area contributed by atoms with Crippen molar-refractivity contribution < 1.29 is 23.5 Å². The van der Waals surface area contributed by atoms with Gasteiger partial charge in [-0.05, 0) is 64.6 Å². The van der Waals surface area contributed by atoms with Crippen LogP contribution in [0.3, 0.4) is 0 Å². The maximum absolute atomic E-state index is 6.46. The largest absolute Gasteiger partial charge is 0.495 e. The van der Waals surface area contributed by atoms with E-state index >= 15 is 0 Å². The minimum atomic E-state index is -0.476. The predicted molar refractivity (Wildman–Crippen MR) is 179 cm³/mol. The quantitative estimate of drug-likeness (QED) is 0.0840. The lowest BCUT2D eigenvalue weighted by molar-refractivity contribution is 0.00578. The van der Waals surface area contributed by atoms with Crippen LogP contribution in [-0.4, -0.2) is 38.1 Å². The zero-order chi connectivity index (χ0) is 30.7. The maximum Gasteiger partial charge on any atom is 0.495 e. The second-order valence-corrected chi connectivity index (χ2v) is 13.3. The van der Waals surface area contributed by atoms with Crippen molar-refractivity contribution in [3.8, 4) is 17.2 Å². The van der Waals surface area contributed by atoms with Crippen LogP contribution in [0.25, 0.3) is 0 Å². The molecule has 0 aliphatic carbocycles. The van der Waals surface area contributed by atoms with Gasteiger partial charge in [-0.25, -0.2) is 0 Å². The number of rotatable bonds is 25. The molecule has 2 rings (SSSR count). The van der Waals surface area contributed by atoms with E-state index in [0.29, 0.717) is 19.8 Å². The summed E-state index contributed by atoms with van der Waals surface area (Å²) in [5.41, 5.74) is 0.101. The van der Waals surface area contributed by atoms with Gasteiger partial charge in [-0.15, -0.1) is 0 Å². The van der Waals surface area contributed by atoms with Crippen molar-refractivity contribution in [1.82, 2.24) is 0 Å². The molecule has 1 saturated heterocycles. The molecule has 1 aromatic rings. The van der Waals surface area contributed by atoms with E-state index in [1.807, 2.05) is 0 Å². The second-order valence-electron chi connectivity index (χ2n) is 13.3. The Hall–Kier alpha value is -1.40. The van der Waals surface area contributed by atoms with E-state index in [4.69, 9.17) is 23.5 Å². The first kappa shape index (κ1) is 36.8. The van der Waals surface area contributed by atoms with Crippen molar-refractivity contribution in [3.63, 3.8) is 0 Å². The fraction of sp³-hybridized carbons (Fsp3) is 0.833. The first-order valence-electron chi connectivity index (χ1n) is 17.7. The van der Waals surface area contributed by atoms with Crippen LogP contribution in [0.15, 0.2) is 12.1 Å². The molecule has 0 aromatic heterocycles. The smallest absolute Gasteiger partial charge is 0.490 e. The maximum atomic E-state index is 6.46. The Balaban J connectivity index is 2.20. The highest BCUT2D eigenvalue weighted by Crippen LogP contribution is 2.40. The molecule has 0 saturated carbocycles. The number of hydrogen-bond donors (Lipinski definition) is 0. The summed E-state index contributed by atoms with van der Waals surface area (Å²) < 4.78 is 32.2. The van der Waals surface area contributed by atoms with Crippen LogP contribution in [0.4, 0.5) is 0 Å². The summed E-state index contributed by atoms with van der Waals surface area (Å²) in [4.78, 5) is 0. The lowest BCUT2D eigenvalue weighted by Gasteiger charge is -2.32. The van der Waals surface area contributed by atoms with E-state index in [1.54, 1.807) is 0 Å². The Bertz CT molecular complexity index is 785. The van der Waals surface area contributed by atoms with Gasteiger partial charge < -0.3 is 23.5 Å². The van der Waals surface area contributed by atoms with Crippen LogP contribution in [0.1, 0.15) is 164 Å². The summed E-state index contributed by atoms with van der Waals surface area (Å²) in [7, 11) is -0.476. The van der Waals surface area contributed by atoms with Gasteiger partial charge >= 0.3 is 7.12 Å². The van der Waals surface area contributed by atoms with E-state index < -0.39 is 18.3 Å². The van der Waals surface area contributed by atoms with E-state index in [2.05, 4.69) is 60.6 Å². The Morgan fingerprint density at radius 2 is 0.833 bits per heavy atom. The number of benzene rings is 1. The third-order valence-corrected chi connectivity index (χ3v) is 8.82. The molecule has 6 heteroatoms. The highest BCUT2D eigenvalue weighted by Gasteiger charge is 2.52. The number of hydrogen-bond acceptors (Lipinski definition) is 5. The van der Waals surface area contributed by atoms with Gasteiger partial charge in [0, 0.05) is 0 Å². The Morgan fingerprint density at radius 3 is 1.21 bits per heavy atom. The minimum absolute atomic E-state index is 0.413. The van der Waals surface area contributed by atoms with Crippen molar-refractivity contribution in [2.45, 2.75) is 175 Å². The highest BCUT2D eigenvalue weighted by molar-refractivity contribution is 6.62. The molecule has 1 aromatic carbocycles. The summed E-state index contributed by atoms with van der Waals surface area (Å²) in [6, 6.07) is 4.13. The van der Waals surface area contributed by atoms with Crippen molar-refractivity contribution in [2.24, 2.45) is 0 Å². The van der Waals surface area contributed by atoms with Crippen LogP contribution in [-0.2, 0) is 9.31 Å². The molecule has 0 spiro atoms. The molecule has 0 N–H and O–H groups in total. The second kappa shape index (κ2) is 20.5. The van der Waals surface area contributed by atoms with Gasteiger partial charge in [0.05, 0.1) is 31.0 Å². The SMILES string of the molecule is CCCCCCCCOc1cc(B2OC(C)(C)C(C)(C)O2)cc(OCCCCCCCC)c1OCCCCCCCC. The predicted octanol–water partition coefficient (Wildman–Crippen LogP) is 10.2. The average molecular weight is 589 g/mol. The Kier molecular flexibility index (Phi) is 18.0. The first-order valence-corrected chi connectivity index (χ1v) is 17.7. The molecular weight excluding hydrogens is 523 g/mol. The molecule has 5 nitrogen and oxygen atoms in total. The molecule has 1 fully saturated rings. The molecule has 0 atom stereocenters. The van der Waals surface area contributed by atoms with Crippen molar-refractivity contribution in [1.29, 1.82) is 0 Å². The molecule has 42 heavy (non-hydrogen) atoms. The molecule has 0 unspecified atom stereocenters. The van der Waals surface area contributed by atoms with Crippen molar-refractivity contribution in [2.75, 3.05) is 19.8 Å². The van der Waals surface area contributed by atoms with Gasteiger partial charge in [0.1, 0.15) is 0 Å². The standard InChI is InChI=1S/C36H65BO5/c1-8-11-14-17-20-23-26-38-32-29-31(37-41-35(4,5)36(6,7)42-37)30-33(39-27-24-21-18-15-12-9-2)34(32)40-28-25-22-19-16-13-10-3/h29-30H,8-28H2,1-7H3. The Morgan fingerprint density at radius 1 is 0.500 bits per heavy atom. The third kappa shape index (κ3) is 13.1. The molecule has 0 radical (unpaired) electrons. The van der Waals surface area contributed by atoms with Gasteiger partial charge in [-0.2, -0.15) is 0 Å². The van der Waals surface area contributed by atoms with Crippen LogP contribution in [0.5, 0.6) is 17.2 Å². The fourth-order valence-electron chi connectivity index (χ4n) is 5.25. The van der Waals surface area contributed by atoms with E-state index in [0.717, 1.165) is 42.0 Å². The van der Waals surface area contributed by atoms with Gasteiger partial charge in [-0.3, -0.25) is 0 Å². The first-order chi connectivity index (χ1) is 20.3. The minimum Gasteiger partial charge on any atom is -0.490 e. The summed E-state index contributed by atoms with van der Waals surface area (Å²) in [5, 5.41) is 0. The van der Waals surface area contributed by atoms with Crippen LogP contribution in [0, 0.1) is 0 Å².